The van der Waals surface area contributed by atoms with Crippen molar-refractivity contribution in [1.29, 1.82) is 0 Å². The van der Waals surface area contributed by atoms with Crippen molar-refractivity contribution in [2.75, 3.05) is 26.9 Å². The second kappa shape index (κ2) is 4.38. The number of guanidine groups is 1. The highest BCUT2D eigenvalue weighted by atomic mass is 32.2. The zero-order valence-electron chi connectivity index (χ0n) is 9.50. The first kappa shape index (κ1) is 12.3. The van der Waals surface area contributed by atoms with Gasteiger partial charge in [0.15, 0.2) is 15.8 Å². The number of hydrogen-bond donors (Lipinski definition) is 2. The maximum absolute atomic E-state index is 11.6. The fourth-order valence-corrected chi connectivity index (χ4v) is 3.14. The second-order valence-corrected chi connectivity index (χ2v) is 6.39. The molecule has 5 nitrogen and oxygen atoms in total. The van der Waals surface area contributed by atoms with Gasteiger partial charge in [-0.05, 0) is 12.8 Å². The quantitative estimate of drug-likeness (QED) is 0.521. The second-order valence-electron chi connectivity index (χ2n) is 3.98. The van der Waals surface area contributed by atoms with Crippen molar-refractivity contribution in [3.05, 3.63) is 0 Å². The minimum atomic E-state index is -2.99. The third-order valence-corrected chi connectivity index (χ3v) is 5.22. The molecular formula is C9H19N3O2S. The Balaban J connectivity index is 2.63. The molecule has 1 rings (SSSR count). The summed E-state index contributed by atoms with van der Waals surface area (Å²) in [6, 6.07) is 0. The van der Waals surface area contributed by atoms with Gasteiger partial charge in [0.2, 0.25) is 0 Å². The van der Waals surface area contributed by atoms with Gasteiger partial charge in [-0.1, -0.05) is 6.42 Å². The van der Waals surface area contributed by atoms with E-state index in [4.69, 9.17) is 0 Å². The average molecular weight is 233 g/mol. The number of nitrogens with zero attached hydrogens (tertiary/aromatic N) is 1. The predicted octanol–water partition coefficient (Wildman–Crippen LogP) is -0.251. The van der Waals surface area contributed by atoms with Crippen molar-refractivity contribution in [1.82, 2.24) is 10.6 Å². The van der Waals surface area contributed by atoms with E-state index >= 15 is 0 Å². The highest BCUT2D eigenvalue weighted by Gasteiger charge is 2.46. The molecule has 0 atom stereocenters. The summed E-state index contributed by atoms with van der Waals surface area (Å²) in [5.41, 5.74) is 0. The van der Waals surface area contributed by atoms with E-state index in [1.165, 1.54) is 6.26 Å². The lowest BCUT2D eigenvalue weighted by molar-refractivity contribution is 0.336. The van der Waals surface area contributed by atoms with Gasteiger partial charge in [-0.2, -0.15) is 0 Å². The Labute approximate surface area is 91.3 Å². The standard InChI is InChI=1S/C9H19N3O2S/c1-10-8(11-2)12-7-9(5-4-6-9)15(3,13)14/h4-7H2,1-3H3,(H2,10,11,12). The molecule has 0 radical (unpaired) electrons. The molecule has 88 valence electrons. The van der Waals surface area contributed by atoms with Gasteiger partial charge in [-0.3, -0.25) is 4.99 Å². The predicted molar refractivity (Wildman–Crippen MR) is 61.8 cm³/mol. The molecule has 6 heteroatoms. The number of aliphatic imine (C=N–C) groups is 1. The van der Waals surface area contributed by atoms with Gasteiger partial charge in [0.1, 0.15) is 0 Å². The molecular weight excluding hydrogens is 214 g/mol. The van der Waals surface area contributed by atoms with Gasteiger partial charge in [-0.25, -0.2) is 8.42 Å². The zero-order chi connectivity index (χ0) is 11.5. The Morgan fingerprint density at radius 1 is 1.47 bits per heavy atom. The molecule has 0 saturated heterocycles. The lowest BCUT2D eigenvalue weighted by atomic mass is 9.84. The third-order valence-electron chi connectivity index (χ3n) is 3.09. The Hall–Kier alpha value is -0.780. The SMILES string of the molecule is CN=C(NC)NCC1(S(C)(=O)=O)CCC1. The summed E-state index contributed by atoms with van der Waals surface area (Å²) in [6.45, 7) is 0.444. The van der Waals surface area contributed by atoms with E-state index < -0.39 is 14.6 Å². The number of nitrogens with one attached hydrogen (secondary N) is 2. The Bertz CT molecular complexity index is 344. The zero-order valence-corrected chi connectivity index (χ0v) is 10.3. The van der Waals surface area contributed by atoms with Crippen LogP contribution in [0.15, 0.2) is 4.99 Å². The first-order chi connectivity index (χ1) is 6.95. The van der Waals surface area contributed by atoms with Gasteiger partial charge in [0.05, 0.1) is 4.75 Å². The lowest BCUT2D eigenvalue weighted by Crippen LogP contribution is -2.54. The molecule has 1 aliphatic rings. The molecule has 0 amide bonds. The van der Waals surface area contributed by atoms with Gasteiger partial charge < -0.3 is 10.6 Å². The molecule has 0 bridgehead atoms. The fraction of sp³-hybridized carbons (Fsp3) is 0.889. The summed E-state index contributed by atoms with van der Waals surface area (Å²) in [4.78, 5) is 3.95. The first-order valence-corrected chi connectivity index (χ1v) is 6.92. The van der Waals surface area contributed by atoms with E-state index in [0.29, 0.717) is 12.5 Å². The van der Waals surface area contributed by atoms with Crippen LogP contribution in [0.25, 0.3) is 0 Å². The minimum absolute atomic E-state index is 0.444. The fourth-order valence-electron chi connectivity index (χ4n) is 1.77. The van der Waals surface area contributed by atoms with Crippen molar-refractivity contribution in [2.24, 2.45) is 4.99 Å². The van der Waals surface area contributed by atoms with Crippen LogP contribution in [0.3, 0.4) is 0 Å². The third kappa shape index (κ3) is 2.42. The van der Waals surface area contributed by atoms with E-state index in [-0.39, 0.29) is 0 Å². The van der Waals surface area contributed by atoms with Crippen LogP contribution in [0.2, 0.25) is 0 Å². The van der Waals surface area contributed by atoms with Gasteiger partial charge >= 0.3 is 0 Å². The molecule has 1 fully saturated rings. The van der Waals surface area contributed by atoms with Crippen LogP contribution in [0.1, 0.15) is 19.3 Å². The van der Waals surface area contributed by atoms with Gasteiger partial charge in [0, 0.05) is 26.9 Å². The van der Waals surface area contributed by atoms with Crippen LogP contribution >= 0.6 is 0 Å². The van der Waals surface area contributed by atoms with Crippen LogP contribution in [-0.4, -0.2) is 46.0 Å². The molecule has 0 aromatic rings. The molecule has 0 heterocycles. The van der Waals surface area contributed by atoms with Crippen molar-refractivity contribution in [3.8, 4) is 0 Å². The summed E-state index contributed by atoms with van der Waals surface area (Å²) in [7, 11) is 0.428. The molecule has 0 aromatic carbocycles. The molecule has 0 spiro atoms. The molecule has 0 aliphatic heterocycles. The molecule has 0 unspecified atom stereocenters. The van der Waals surface area contributed by atoms with Crippen LogP contribution in [-0.2, 0) is 9.84 Å². The van der Waals surface area contributed by atoms with Crippen LogP contribution in [0.4, 0.5) is 0 Å². The highest BCUT2D eigenvalue weighted by molar-refractivity contribution is 7.92. The Kier molecular flexibility index (Phi) is 3.59. The Morgan fingerprint density at radius 3 is 2.33 bits per heavy atom. The number of rotatable bonds is 3. The topological polar surface area (TPSA) is 70.6 Å². The normalized spacial score (nSPS) is 20.6. The monoisotopic (exact) mass is 233 g/mol. The molecule has 0 aromatic heterocycles. The lowest BCUT2D eigenvalue weighted by Gasteiger charge is -2.40. The van der Waals surface area contributed by atoms with E-state index in [9.17, 15) is 8.42 Å². The maximum atomic E-state index is 11.6. The van der Waals surface area contributed by atoms with Gasteiger partial charge in [0.25, 0.3) is 0 Å². The van der Waals surface area contributed by atoms with E-state index in [0.717, 1.165) is 19.3 Å². The van der Waals surface area contributed by atoms with Gasteiger partial charge in [-0.15, -0.1) is 0 Å². The largest absolute Gasteiger partial charge is 0.359 e. The molecule has 2 N–H and O–H groups in total. The van der Waals surface area contributed by atoms with Crippen molar-refractivity contribution < 1.29 is 8.42 Å². The van der Waals surface area contributed by atoms with E-state index in [1.54, 1.807) is 14.1 Å². The molecule has 1 aliphatic carbocycles. The number of sulfone groups is 1. The average Bonchev–Trinajstić information content (AvgIpc) is 2.07. The molecule has 15 heavy (non-hydrogen) atoms. The highest BCUT2D eigenvalue weighted by Crippen LogP contribution is 2.38. The molecule has 1 saturated carbocycles. The summed E-state index contributed by atoms with van der Waals surface area (Å²) in [6.07, 6.45) is 3.81. The maximum Gasteiger partial charge on any atom is 0.190 e. The number of hydrogen-bond acceptors (Lipinski definition) is 3. The Morgan fingerprint density at radius 2 is 2.07 bits per heavy atom. The summed E-state index contributed by atoms with van der Waals surface area (Å²) in [5, 5.41) is 5.90. The summed E-state index contributed by atoms with van der Waals surface area (Å²) in [5.74, 6) is 0.630. The van der Waals surface area contributed by atoms with E-state index in [1.807, 2.05) is 0 Å². The van der Waals surface area contributed by atoms with E-state index in [2.05, 4.69) is 15.6 Å². The van der Waals surface area contributed by atoms with Crippen molar-refractivity contribution in [3.63, 3.8) is 0 Å². The minimum Gasteiger partial charge on any atom is -0.359 e. The van der Waals surface area contributed by atoms with Crippen LogP contribution in [0, 0.1) is 0 Å². The summed E-state index contributed by atoms with van der Waals surface area (Å²) < 4.78 is 22.7. The van der Waals surface area contributed by atoms with Crippen LogP contribution < -0.4 is 10.6 Å². The first-order valence-electron chi connectivity index (χ1n) is 5.03. The summed E-state index contributed by atoms with van der Waals surface area (Å²) >= 11 is 0. The van der Waals surface area contributed by atoms with Crippen LogP contribution in [0.5, 0.6) is 0 Å². The van der Waals surface area contributed by atoms with Crippen molar-refractivity contribution >= 4 is 15.8 Å². The van der Waals surface area contributed by atoms with Crippen molar-refractivity contribution in [2.45, 2.75) is 24.0 Å². The smallest absolute Gasteiger partial charge is 0.190 e.